The second kappa shape index (κ2) is 7.56. The summed E-state index contributed by atoms with van der Waals surface area (Å²) in [5, 5.41) is 2.84. The molecule has 7 nitrogen and oxygen atoms in total. The summed E-state index contributed by atoms with van der Waals surface area (Å²) in [6.07, 6.45) is 2.34. The average molecular weight is 389 g/mol. The molecule has 2 aromatic rings. The van der Waals surface area contributed by atoms with Crippen LogP contribution < -0.4 is 14.4 Å². The molecule has 1 aromatic carbocycles. The first kappa shape index (κ1) is 19.2. The fourth-order valence-electron chi connectivity index (χ4n) is 3.22. The van der Waals surface area contributed by atoms with Gasteiger partial charge in [0.1, 0.15) is 5.75 Å². The van der Waals surface area contributed by atoms with E-state index in [1.165, 1.54) is 4.31 Å². The van der Waals surface area contributed by atoms with Crippen LogP contribution in [0, 0.1) is 13.8 Å². The zero-order valence-corrected chi connectivity index (χ0v) is 16.5. The SMILES string of the molecule is COc1c(C)cnc(CNC(=O)c2ccc(N3CCCS3(=O)=O)cc2)c1C. The predicted molar refractivity (Wildman–Crippen MR) is 104 cm³/mol. The number of pyridine rings is 1. The second-order valence-corrected chi connectivity index (χ2v) is 8.53. The van der Waals surface area contributed by atoms with Gasteiger partial charge < -0.3 is 10.1 Å². The van der Waals surface area contributed by atoms with Crippen LogP contribution in [-0.2, 0) is 16.6 Å². The molecule has 144 valence electrons. The van der Waals surface area contributed by atoms with Crippen molar-refractivity contribution in [3.05, 3.63) is 52.8 Å². The van der Waals surface area contributed by atoms with Crippen LogP contribution in [0.3, 0.4) is 0 Å². The van der Waals surface area contributed by atoms with E-state index in [4.69, 9.17) is 4.74 Å². The zero-order valence-electron chi connectivity index (χ0n) is 15.7. The number of hydrogen-bond acceptors (Lipinski definition) is 5. The number of ether oxygens (including phenoxy) is 1. The Kier molecular flexibility index (Phi) is 5.36. The number of methoxy groups -OCH3 is 1. The molecular formula is C19H23N3O4S. The number of sulfonamides is 1. The molecule has 3 rings (SSSR count). The van der Waals surface area contributed by atoms with Crippen molar-refractivity contribution in [2.75, 3.05) is 23.7 Å². The van der Waals surface area contributed by atoms with E-state index in [2.05, 4.69) is 10.3 Å². The number of nitrogens with one attached hydrogen (secondary N) is 1. The first-order chi connectivity index (χ1) is 12.8. The minimum atomic E-state index is -3.22. The summed E-state index contributed by atoms with van der Waals surface area (Å²) in [4.78, 5) is 16.8. The van der Waals surface area contributed by atoms with Crippen LogP contribution in [0.1, 0.15) is 33.6 Å². The van der Waals surface area contributed by atoms with E-state index in [1.54, 1.807) is 37.6 Å². The Balaban J connectivity index is 1.69. The first-order valence-electron chi connectivity index (χ1n) is 8.71. The Labute approximate surface area is 159 Å². The molecule has 0 atom stereocenters. The largest absolute Gasteiger partial charge is 0.496 e. The number of aryl methyl sites for hydroxylation is 1. The van der Waals surface area contributed by atoms with Crippen molar-refractivity contribution in [3.8, 4) is 5.75 Å². The topological polar surface area (TPSA) is 88.6 Å². The van der Waals surface area contributed by atoms with Gasteiger partial charge in [0.15, 0.2) is 0 Å². The van der Waals surface area contributed by atoms with Gasteiger partial charge in [-0.25, -0.2) is 8.42 Å². The fourth-order valence-corrected chi connectivity index (χ4v) is 4.79. The molecule has 1 aromatic heterocycles. The van der Waals surface area contributed by atoms with Gasteiger partial charge in [0.25, 0.3) is 5.91 Å². The monoisotopic (exact) mass is 389 g/mol. The predicted octanol–water partition coefficient (Wildman–Crippen LogP) is 2.18. The van der Waals surface area contributed by atoms with Gasteiger partial charge in [0, 0.05) is 29.4 Å². The van der Waals surface area contributed by atoms with Crippen LogP contribution in [0.5, 0.6) is 5.75 Å². The molecule has 0 bridgehead atoms. The van der Waals surface area contributed by atoms with Gasteiger partial charge in [0.05, 0.1) is 30.8 Å². The molecule has 1 N–H and O–H groups in total. The Hall–Kier alpha value is -2.61. The van der Waals surface area contributed by atoms with Crippen molar-refractivity contribution in [2.24, 2.45) is 0 Å². The maximum absolute atomic E-state index is 12.4. The summed E-state index contributed by atoms with van der Waals surface area (Å²) in [6, 6.07) is 6.59. The van der Waals surface area contributed by atoms with Crippen LogP contribution >= 0.6 is 0 Å². The van der Waals surface area contributed by atoms with Crippen LogP contribution in [0.2, 0.25) is 0 Å². The van der Waals surface area contributed by atoms with Crippen LogP contribution in [-0.4, -0.2) is 38.7 Å². The molecule has 2 heterocycles. The Morgan fingerprint density at radius 1 is 1.26 bits per heavy atom. The molecule has 0 radical (unpaired) electrons. The van der Waals surface area contributed by atoms with Gasteiger partial charge in [-0.2, -0.15) is 0 Å². The lowest BCUT2D eigenvalue weighted by molar-refractivity contribution is 0.0950. The molecule has 0 aliphatic carbocycles. The highest BCUT2D eigenvalue weighted by atomic mass is 32.2. The van der Waals surface area contributed by atoms with E-state index in [0.717, 1.165) is 22.6 Å². The summed E-state index contributed by atoms with van der Waals surface area (Å²) in [5.41, 5.74) is 3.63. The fraction of sp³-hybridized carbons (Fsp3) is 0.368. The number of benzene rings is 1. The smallest absolute Gasteiger partial charge is 0.251 e. The first-order valence-corrected chi connectivity index (χ1v) is 10.3. The van der Waals surface area contributed by atoms with Crippen molar-refractivity contribution >= 4 is 21.6 Å². The van der Waals surface area contributed by atoms with Gasteiger partial charge in [-0.05, 0) is 44.5 Å². The quantitative estimate of drug-likeness (QED) is 0.847. The Morgan fingerprint density at radius 3 is 2.56 bits per heavy atom. The van der Waals surface area contributed by atoms with E-state index >= 15 is 0 Å². The average Bonchev–Trinajstić information content (AvgIpc) is 3.00. The molecule has 8 heteroatoms. The number of anilines is 1. The van der Waals surface area contributed by atoms with Gasteiger partial charge in [-0.15, -0.1) is 0 Å². The Morgan fingerprint density at radius 2 is 1.96 bits per heavy atom. The normalized spacial score (nSPS) is 15.6. The number of amides is 1. The molecule has 1 amide bonds. The minimum Gasteiger partial charge on any atom is -0.496 e. The molecule has 0 saturated carbocycles. The lowest BCUT2D eigenvalue weighted by Gasteiger charge is -2.17. The minimum absolute atomic E-state index is 0.168. The highest BCUT2D eigenvalue weighted by Crippen LogP contribution is 2.25. The van der Waals surface area contributed by atoms with Gasteiger partial charge in [-0.1, -0.05) is 0 Å². The standard InChI is InChI=1S/C19H23N3O4S/c1-13-11-20-17(14(2)18(13)26-3)12-21-19(23)15-5-7-16(8-6-15)22-9-4-10-27(22,24)25/h5-8,11H,4,9-10,12H2,1-3H3,(H,21,23). The number of carbonyl (C=O) groups excluding carboxylic acids is 1. The van der Waals surface area contributed by atoms with E-state index in [-0.39, 0.29) is 18.2 Å². The summed E-state index contributed by atoms with van der Waals surface area (Å²) >= 11 is 0. The van der Waals surface area contributed by atoms with Crippen molar-refractivity contribution in [2.45, 2.75) is 26.8 Å². The number of rotatable bonds is 5. The molecule has 0 unspecified atom stereocenters. The van der Waals surface area contributed by atoms with E-state index in [0.29, 0.717) is 24.2 Å². The van der Waals surface area contributed by atoms with Crippen molar-refractivity contribution in [3.63, 3.8) is 0 Å². The number of aromatic nitrogens is 1. The van der Waals surface area contributed by atoms with Crippen LogP contribution in [0.15, 0.2) is 30.5 Å². The third kappa shape index (κ3) is 3.90. The molecule has 1 saturated heterocycles. The highest BCUT2D eigenvalue weighted by Gasteiger charge is 2.28. The molecule has 1 aliphatic rings. The third-order valence-corrected chi connectivity index (χ3v) is 6.55. The molecule has 27 heavy (non-hydrogen) atoms. The van der Waals surface area contributed by atoms with E-state index in [9.17, 15) is 13.2 Å². The molecule has 1 aliphatic heterocycles. The van der Waals surface area contributed by atoms with Crippen LogP contribution in [0.4, 0.5) is 5.69 Å². The summed E-state index contributed by atoms with van der Waals surface area (Å²) in [7, 11) is -1.61. The highest BCUT2D eigenvalue weighted by molar-refractivity contribution is 7.93. The van der Waals surface area contributed by atoms with E-state index in [1.807, 2.05) is 13.8 Å². The second-order valence-electron chi connectivity index (χ2n) is 6.52. The summed E-state index contributed by atoms with van der Waals surface area (Å²) in [6.45, 7) is 4.59. The van der Waals surface area contributed by atoms with Gasteiger partial charge in [0.2, 0.25) is 10.0 Å². The molecular weight excluding hydrogens is 366 g/mol. The molecule has 0 spiro atoms. The summed E-state index contributed by atoms with van der Waals surface area (Å²) < 4.78 is 30.7. The van der Waals surface area contributed by atoms with Gasteiger partial charge >= 0.3 is 0 Å². The number of nitrogens with zero attached hydrogens (tertiary/aromatic N) is 2. The number of carbonyl (C=O) groups is 1. The van der Waals surface area contributed by atoms with Crippen molar-refractivity contribution in [1.29, 1.82) is 0 Å². The maximum atomic E-state index is 12.4. The number of hydrogen-bond donors (Lipinski definition) is 1. The third-order valence-electron chi connectivity index (χ3n) is 4.68. The van der Waals surface area contributed by atoms with Crippen molar-refractivity contribution < 1.29 is 17.9 Å². The van der Waals surface area contributed by atoms with E-state index < -0.39 is 10.0 Å². The van der Waals surface area contributed by atoms with Crippen molar-refractivity contribution in [1.82, 2.24) is 10.3 Å². The maximum Gasteiger partial charge on any atom is 0.251 e. The van der Waals surface area contributed by atoms with Gasteiger partial charge in [-0.3, -0.25) is 14.1 Å². The molecule has 1 fully saturated rings. The Bertz CT molecular complexity index is 956. The lowest BCUT2D eigenvalue weighted by atomic mass is 10.1. The summed E-state index contributed by atoms with van der Waals surface area (Å²) in [5.74, 6) is 0.693. The zero-order chi connectivity index (χ0) is 19.6. The lowest BCUT2D eigenvalue weighted by Crippen LogP contribution is -2.26. The van der Waals surface area contributed by atoms with Crippen LogP contribution in [0.25, 0.3) is 0 Å².